The number of rotatable bonds is 1. The van der Waals surface area contributed by atoms with E-state index >= 15 is 0 Å². The van der Waals surface area contributed by atoms with E-state index in [1.54, 1.807) is 0 Å². The van der Waals surface area contributed by atoms with Crippen LogP contribution < -0.4 is 0 Å². The molecule has 1 aliphatic carbocycles. The van der Waals surface area contributed by atoms with E-state index in [1.165, 1.54) is 11.1 Å². The SMILES string of the molecule is CC1=C(CCl)CCC2(C1)OCCO2. The first kappa shape index (κ1) is 9.50. The van der Waals surface area contributed by atoms with Gasteiger partial charge in [-0.05, 0) is 13.3 Å². The van der Waals surface area contributed by atoms with Crippen LogP contribution in [0.4, 0.5) is 0 Å². The van der Waals surface area contributed by atoms with Crippen molar-refractivity contribution in [2.45, 2.75) is 32.0 Å². The Bertz CT molecular complexity index is 229. The Morgan fingerprint density at radius 3 is 2.62 bits per heavy atom. The van der Waals surface area contributed by atoms with Gasteiger partial charge in [0, 0.05) is 18.7 Å². The zero-order chi connectivity index (χ0) is 9.31. The van der Waals surface area contributed by atoms with Gasteiger partial charge in [-0.15, -0.1) is 11.6 Å². The van der Waals surface area contributed by atoms with E-state index in [-0.39, 0.29) is 5.79 Å². The van der Waals surface area contributed by atoms with Crippen molar-refractivity contribution in [1.82, 2.24) is 0 Å². The Morgan fingerprint density at radius 2 is 2.08 bits per heavy atom. The highest BCUT2D eigenvalue weighted by atomic mass is 35.5. The molecule has 0 saturated carbocycles. The predicted octanol–water partition coefficient (Wildman–Crippen LogP) is 2.47. The maximum absolute atomic E-state index is 5.83. The normalized spacial score (nSPS) is 27.2. The van der Waals surface area contributed by atoms with Gasteiger partial charge in [0.1, 0.15) is 0 Å². The topological polar surface area (TPSA) is 18.5 Å². The summed E-state index contributed by atoms with van der Waals surface area (Å²) in [5.74, 6) is 0.363. The largest absolute Gasteiger partial charge is 0.347 e. The molecule has 3 heteroatoms. The molecular formula is C10H15ClO2. The van der Waals surface area contributed by atoms with E-state index in [0.717, 1.165) is 32.5 Å². The van der Waals surface area contributed by atoms with Crippen LogP contribution in [0.15, 0.2) is 11.1 Å². The van der Waals surface area contributed by atoms with Crippen molar-refractivity contribution < 1.29 is 9.47 Å². The smallest absolute Gasteiger partial charge is 0.172 e. The maximum Gasteiger partial charge on any atom is 0.172 e. The molecule has 1 aliphatic heterocycles. The van der Waals surface area contributed by atoms with Crippen LogP contribution in [0.5, 0.6) is 0 Å². The van der Waals surface area contributed by atoms with Gasteiger partial charge >= 0.3 is 0 Å². The van der Waals surface area contributed by atoms with Crippen LogP contribution in [0, 0.1) is 0 Å². The summed E-state index contributed by atoms with van der Waals surface area (Å²) < 4.78 is 11.3. The molecule has 1 saturated heterocycles. The van der Waals surface area contributed by atoms with Crippen molar-refractivity contribution >= 4 is 11.6 Å². The monoisotopic (exact) mass is 202 g/mol. The van der Waals surface area contributed by atoms with Crippen molar-refractivity contribution in [2.24, 2.45) is 0 Å². The summed E-state index contributed by atoms with van der Waals surface area (Å²) >= 11 is 5.83. The average Bonchev–Trinajstić information content (AvgIpc) is 2.54. The van der Waals surface area contributed by atoms with Gasteiger partial charge < -0.3 is 9.47 Å². The average molecular weight is 203 g/mol. The summed E-state index contributed by atoms with van der Waals surface area (Å²) in [7, 11) is 0. The molecule has 0 amide bonds. The molecular weight excluding hydrogens is 188 g/mol. The Labute approximate surface area is 83.9 Å². The maximum atomic E-state index is 5.83. The van der Waals surface area contributed by atoms with Gasteiger partial charge in [-0.3, -0.25) is 0 Å². The minimum atomic E-state index is -0.292. The van der Waals surface area contributed by atoms with Crippen molar-refractivity contribution in [3.8, 4) is 0 Å². The third-order valence-corrected chi connectivity index (χ3v) is 3.24. The standard InChI is InChI=1S/C10H15ClO2/c1-8-6-10(12-4-5-13-10)3-2-9(8)7-11/h2-7H2,1H3. The van der Waals surface area contributed by atoms with Gasteiger partial charge in [0.2, 0.25) is 0 Å². The van der Waals surface area contributed by atoms with E-state index in [0.29, 0.717) is 5.88 Å². The molecule has 2 nitrogen and oxygen atoms in total. The van der Waals surface area contributed by atoms with E-state index in [9.17, 15) is 0 Å². The Balaban J connectivity index is 2.11. The summed E-state index contributed by atoms with van der Waals surface area (Å²) in [4.78, 5) is 0. The van der Waals surface area contributed by atoms with Crippen molar-refractivity contribution in [3.05, 3.63) is 11.1 Å². The zero-order valence-electron chi connectivity index (χ0n) is 7.94. The van der Waals surface area contributed by atoms with Crippen molar-refractivity contribution in [3.63, 3.8) is 0 Å². The van der Waals surface area contributed by atoms with Gasteiger partial charge in [0.05, 0.1) is 13.2 Å². The first-order valence-electron chi connectivity index (χ1n) is 4.77. The number of ether oxygens (including phenoxy) is 2. The summed E-state index contributed by atoms with van der Waals surface area (Å²) in [6, 6.07) is 0. The minimum Gasteiger partial charge on any atom is -0.347 e. The Kier molecular flexibility index (Phi) is 2.63. The van der Waals surface area contributed by atoms with Crippen LogP contribution in [0.3, 0.4) is 0 Å². The molecule has 1 heterocycles. The number of hydrogen-bond acceptors (Lipinski definition) is 2. The first-order chi connectivity index (χ1) is 6.26. The molecule has 0 unspecified atom stereocenters. The van der Waals surface area contributed by atoms with Crippen LogP contribution in [-0.4, -0.2) is 24.9 Å². The first-order valence-corrected chi connectivity index (χ1v) is 5.31. The third kappa shape index (κ3) is 1.76. The Morgan fingerprint density at radius 1 is 1.38 bits per heavy atom. The lowest BCUT2D eigenvalue weighted by molar-refractivity contribution is -0.163. The van der Waals surface area contributed by atoms with E-state index < -0.39 is 0 Å². The summed E-state index contributed by atoms with van der Waals surface area (Å²) in [5.41, 5.74) is 2.72. The van der Waals surface area contributed by atoms with Crippen LogP contribution >= 0.6 is 11.6 Å². The second-order valence-corrected chi connectivity index (χ2v) is 4.07. The van der Waals surface area contributed by atoms with Gasteiger partial charge in [-0.25, -0.2) is 0 Å². The fourth-order valence-electron chi connectivity index (χ4n) is 2.10. The van der Waals surface area contributed by atoms with Crippen LogP contribution in [0.1, 0.15) is 26.2 Å². The van der Waals surface area contributed by atoms with Gasteiger partial charge in [-0.2, -0.15) is 0 Å². The highest BCUT2D eigenvalue weighted by Gasteiger charge is 2.39. The van der Waals surface area contributed by atoms with E-state index in [4.69, 9.17) is 21.1 Å². The molecule has 13 heavy (non-hydrogen) atoms. The second-order valence-electron chi connectivity index (χ2n) is 3.80. The molecule has 74 valence electrons. The quantitative estimate of drug-likeness (QED) is 0.481. The Hall–Kier alpha value is -0.0500. The number of allylic oxidation sites excluding steroid dienone is 1. The summed E-state index contributed by atoms with van der Waals surface area (Å²) in [6.45, 7) is 3.61. The van der Waals surface area contributed by atoms with Gasteiger partial charge in [-0.1, -0.05) is 11.1 Å². The van der Waals surface area contributed by atoms with Crippen LogP contribution in [0.25, 0.3) is 0 Å². The third-order valence-electron chi connectivity index (χ3n) is 2.92. The lowest BCUT2D eigenvalue weighted by atomic mass is 9.89. The van der Waals surface area contributed by atoms with Crippen LogP contribution in [0.2, 0.25) is 0 Å². The molecule has 0 radical (unpaired) electrons. The summed E-state index contributed by atoms with van der Waals surface area (Å²) in [5, 5.41) is 0. The fourth-order valence-corrected chi connectivity index (χ4v) is 2.46. The number of alkyl halides is 1. The lowest BCUT2D eigenvalue weighted by Crippen LogP contribution is -2.33. The van der Waals surface area contributed by atoms with Crippen molar-refractivity contribution in [2.75, 3.05) is 19.1 Å². The highest BCUT2D eigenvalue weighted by molar-refractivity contribution is 6.19. The number of halogens is 1. The molecule has 0 atom stereocenters. The molecule has 0 aromatic carbocycles. The zero-order valence-corrected chi connectivity index (χ0v) is 8.69. The van der Waals surface area contributed by atoms with Gasteiger partial charge in [0.15, 0.2) is 5.79 Å². The molecule has 0 bridgehead atoms. The van der Waals surface area contributed by atoms with Gasteiger partial charge in [0.25, 0.3) is 0 Å². The minimum absolute atomic E-state index is 0.292. The van der Waals surface area contributed by atoms with Crippen LogP contribution in [-0.2, 0) is 9.47 Å². The molecule has 2 aliphatic rings. The molecule has 1 spiro atoms. The molecule has 0 aromatic heterocycles. The van der Waals surface area contributed by atoms with E-state index in [1.807, 2.05) is 0 Å². The lowest BCUT2D eigenvalue weighted by Gasteiger charge is -2.33. The summed E-state index contributed by atoms with van der Waals surface area (Å²) in [6.07, 6.45) is 2.89. The molecule has 0 N–H and O–H groups in total. The van der Waals surface area contributed by atoms with E-state index in [2.05, 4.69) is 6.92 Å². The molecule has 1 fully saturated rings. The number of hydrogen-bond donors (Lipinski definition) is 0. The second kappa shape index (κ2) is 3.60. The predicted molar refractivity (Wildman–Crippen MR) is 51.9 cm³/mol. The van der Waals surface area contributed by atoms with Crippen molar-refractivity contribution in [1.29, 1.82) is 0 Å². The highest BCUT2D eigenvalue weighted by Crippen LogP contribution is 2.38. The fraction of sp³-hybridized carbons (Fsp3) is 0.800. The molecule has 2 rings (SSSR count). The molecule has 0 aromatic rings.